The summed E-state index contributed by atoms with van der Waals surface area (Å²) in [5, 5.41) is 7.75. The third-order valence-corrected chi connectivity index (χ3v) is 0.129. The Bertz CT molecular complexity index is 11.6. The Labute approximate surface area is 71.8 Å². The van der Waals surface area contributed by atoms with Crippen molar-refractivity contribution in [2.45, 2.75) is 0 Å². The van der Waals surface area contributed by atoms with Crippen LogP contribution in [0.4, 0.5) is 0 Å². The average molecular weight is 198 g/mol. The van der Waals surface area contributed by atoms with Crippen LogP contribution in [0.3, 0.4) is 0 Å². The molecule has 0 aromatic rings. The fourth-order valence-electron chi connectivity index (χ4n) is 0. The van der Waals surface area contributed by atoms with Gasteiger partial charge in [0.1, 0.15) is 0 Å². The molecule has 0 heterocycles. The second kappa shape index (κ2) is 9.09. The Hall–Kier alpha value is 1.49. The standard InChI is InChI=1S/C2H7NO.Ba/c3-1-2-4;/h4H,1-3H2;. The van der Waals surface area contributed by atoms with Crippen LogP contribution in [0.2, 0.25) is 0 Å². The van der Waals surface area contributed by atoms with Gasteiger partial charge in [-0.25, -0.2) is 0 Å². The SMILES string of the molecule is NCCO.[Ba]. The van der Waals surface area contributed by atoms with Gasteiger partial charge in [0.2, 0.25) is 0 Å². The van der Waals surface area contributed by atoms with Crippen LogP contribution in [0.15, 0.2) is 0 Å². The molecule has 0 fully saturated rings. The van der Waals surface area contributed by atoms with Crippen LogP contribution in [0.5, 0.6) is 0 Å². The van der Waals surface area contributed by atoms with E-state index in [9.17, 15) is 0 Å². The van der Waals surface area contributed by atoms with Crippen LogP contribution in [0, 0.1) is 0 Å². The molecule has 0 amide bonds. The molecule has 28 valence electrons. The molecule has 0 atom stereocenters. The van der Waals surface area contributed by atoms with Gasteiger partial charge in [0.15, 0.2) is 0 Å². The van der Waals surface area contributed by atoms with Crippen molar-refractivity contribution < 1.29 is 5.11 Å². The third kappa shape index (κ3) is 10.8. The predicted molar refractivity (Wildman–Crippen MR) is 21.9 cm³/mol. The molecule has 0 aliphatic heterocycles. The van der Waals surface area contributed by atoms with Crippen LogP contribution in [-0.2, 0) is 0 Å². The molecular weight excluding hydrogens is 191 g/mol. The molecule has 0 aliphatic rings. The smallest absolute Gasteiger partial charge is 0.0553 e. The molecule has 0 aromatic heterocycles. The molecule has 3 N–H and O–H groups in total. The van der Waals surface area contributed by atoms with Gasteiger partial charge in [-0.05, 0) is 0 Å². The van der Waals surface area contributed by atoms with Gasteiger partial charge in [0.05, 0.1) is 6.61 Å². The molecule has 3 heteroatoms. The summed E-state index contributed by atoms with van der Waals surface area (Å²) in [6.07, 6.45) is 0. The van der Waals surface area contributed by atoms with E-state index in [0.29, 0.717) is 6.54 Å². The Balaban J connectivity index is 0. The van der Waals surface area contributed by atoms with Crippen molar-refractivity contribution in [3.8, 4) is 0 Å². The van der Waals surface area contributed by atoms with E-state index in [0.717, 1.165) is 0 Å². The summed E-state index contributed by atoms with van der Waals surface area (Å²) in [4.78, 5) is 0. The second-order valence-electron chi connectivity index (χ2n) is 0.512. The Kier molecular flexibility index (Phi) is 17.6. The first kappa shape index (κ1) is 9.70. The van der Waals surface area contributed by atoms with E-state index in [1.807, 2.05) is 0 Å². The van der Waals surface area contributed by atoms with Gasteiger partial charge in [-0.3, -0.25) is 0 Å². The van der Waals surface area contributed by atoms with Gasteiger partial charge >= 0.3 is 0 Å². The maximum Gasteiger partial charge on any atom is 0.0553 e. The van der Waals surface area contributed by atoms with Gasteiger partial charge < -0.3 is 10.8 Å². The third-order valence-electron chi connectivity index (χ3n) is 0.129. The molecule has 0 aliphatic carbocycles. The minimum Gasteiger partial charge on any atom is -0.395 e. The summed E-state index contributed by atoms with van der Waals surface area (Å²) in [6.45, 7) is 0.472. The predicted octanol–water partition coefficient (Wildman–Crippen LogP) is -1.44. The van der Waals surface area contributed by atoms with Crippen molar-refractivity contribution in [2.24, 2.45) is 5.73 Å². The summed E-state index contributed by atoms with van der Waals surface area (Å²) in [5.74, 6) is 0. The van der Waals surface area contributed by atoms with E-state index in [1.54, 1.807) is 0 Å². The first-order valence-electron chi connectivity index (χ1n) is 1.22. The van der Waals surface area contributed by atoms with E-state index in [-0.39, 0.29) is 55.5 Å². The van der Waals surface area contributed by atoms with E-state index >= 15 is 0 Å². The summed E-state index contributed by atoms with van der Waals surface area (Å²) in [5.41, 5.74) is 4.78. The number of rotatable bonds is 1. The number of hydrogen-bond donors (Lipinski definition) is 2. The number of aliphatic hydroxyl groups excluding tert-OH is 1. The number of nitrogens with two attached hydrogens (primary N) is 1. The van der Waals surface area contributed by atoms with Gasteiger partial charge in [0.25, 0.3) is 0 Å². The molecule has 2 radical (unpaired) electrons. The van der Waals surface area contributed by atoms with Crippen molar-refractivity contribution in [1.82, 2.24) is 0 Å². The molecule has 0 aromatic carbocycles. The molecule has 0 spiro atoms. The van der Waals surface area contributed by atoms with Crippen molar-refractivity contribution in [3.63, 3.8) is 0 Å². The van der Waals surface area contributed by atoms with E-state index in [1.165, 1.54) is 0 Å². The minimum atomic E-state index is 0. The van der Waals surface area contributed by atoms with E-state index in [4.69, 9.17) is 10.8 Å². The Morgan fingerprint density at radius 2 is 1.80 bits per heavy atom. The molecule has 2 nitrogen and oxygen atoms in total. The molecule has 5 heavy (non-hydrogen) atoms. The monoisotopic (exact) mass is 199 g/mol. The molecule has 0 saturated carbocycles. The molecule has 0 unspecified atom stereocenters. The fraction of sp³-hybridized carbons (Fsp3) is 1.00. The second-order valence-corrected chi connectivity index (χ2v) is 0.512. The summed E-state index contributed by atoms with van der Waals surface area (Å²) in [7, 11) is 0. The van der Waals surface area contributed by atoms with Crippen LogP contribution in [-0.4, -0.2) is 67.1 Å². The van der Waals surface area contributed by atoms with Crippen molar-refractivity contribution in [2.75, 3.05) is 13.2 Å². The quantitative estimate of drug-likeness (QED) is 0.507. The zero-order valence-corrected chi connectivity index (χ0v) is 7.59. The van der Waals surface area contributed by atoms with Crippen LogP contribution >= 0.6 is 0 Å². The first-order chi connectivity index (χ1) is 1.91. The van der Waals surface area contributed by atoms with Crippen LogP contribution < -0.4 is 5.73 Å². The van der Waals surface area contributed by atoms with Crippen LogP contribution in [0.1, 0.15) is 0 Å². The normalized spacial score (nSPS) is 6.00. The number of aliphatic hydroxyl groups is 1. The minimum absolute atomic E-state index is 0. The van der Waals surface area contributed by atoms with E-state index in [2.05, 4.69) is 0 Å². The average Bonchev–Trinajstić information content (AvgIpc) is 1.37. The number of hydrogen-bond acceptors (Lipinski definition) is 2. The van der Waals surface area contributed by atoms with Gasteiger partial charge in [-0.1, -0.05) is 0 Å². The molecule has 0 rings (SSSR count). The van der Waals surface area contributed by atoms with Crippen molar-refractivity contribution in [1.29, 1.82) is 0 Å². The molecule has 0 bridgehead atoms. The molecule has 0 saturated heterocycles. The van der Waals surface area contributed by atoms with Crippen LogP contribution in [0.25, 0.3) is 0 Å². The van der Waals surface area contributed by atoms with Gasteiger partial charge in [-0.2, -0.15) is 0 Å². The maximum absolute atomic E-state index is 7.75. The Morgan fingerprint density at radius 1 is 1.60 bits per heavy atom. The largest absolute Gasteiger partial charge is 0.395 e. The maximum atomic E-state index is 7.75. The summed E-state index contributed by atoms with van der Waals surface area (Å²) in [6, 6.07) is 0. The summed E-state index contributed by atoms with van der Waals surface area (Å²) >= 11 is 0. The zero-order chi connectivity index (χ0) is 3.41. The molecular formula is C2H7BaNO. The Morgan fingerprint density at radius 3 is 1.80 bits per heavy atom. The first-order valence-corrected chi connectivity index (χ1v) is 1.22. The van der Waals surface area contributed by atoms with Crippen molar-refractivity contribution in [3.05, 3.63) is 0 Å². The van der Waals surface area contributed by atoms with Gasteiger partial charge in [-0.15, -0.1) is 0 Å². The van der Waals surface area contributed by atoms with Crippen molar-refractivity contribution >= 4 is 48.9 Å². The van der Waals surface area contributed by atoms with Gasteiger partial charge in [0, 0.05) is 55.4 Å². The topological polar surface area (TPSA) is 46.2 Å². The van der Waals surface area contributed by atoms with E-state index < -0.39 is 0 Å². The zero-order valence-electron chi connectivity index (χ0n) is 3.15. The fourth-order valence-corrected chi connectivity index (χ4v) is 0. The summed E-state index contributed by atoms with van der Waals surface area (Å²) < 4.78 is 0.